The van der Waals surface area contributed by atoms with Gasteiger partial charge in [-0.15, -0.1) is 0 Å². The maximum Gasteiger partial charge on any atom is 0.306 e. The summed E-state index contributed by atoms with van der Waals surface area (Å²) in [7, 11) is 0. The van der Waals surface area contributed by atoms with Crippen LogP contribution < -0.4 is 0 Å². The van der Waals surface area contributed by atoms with E-state index in [2.05, 4.69) is 41.5 Å². The zero-order valence-electron chi connectivity index (χ0n) is 34.9. The monoisotopic (exact) mass is 723 g/mol. The zero-order valence-corrected chi connectivity index (χ0v) is 34.9. The fourth-order valence-corrected chi connectivity index (χ4v) is 6.49. The first-order chi connectivity index (χ1) is 24.6. The van der Waals surface area contributed by atoms with Crippen molar-refractivity contribution in [1.29, 1.82) is 0 Å². The van der Waals surface area contributed by atoms with Gasteiger partial charge in [0, 0.05) is 19.3 Å². The van der Waals surface area contributed by atoms with E-state index in [0.29, 0.717) is 19.3 Å². The van der Waals surface area contributed by atoms with Gasteiger partial charge < -0.3 is 14.2 Å². The Bertz CT molecular complexity index is 794. The Kier molecular flexibility index (Phi) is 35.6. The van der Waals surface area contributed by atoms with Crippen molar-refractivity contribution in [3.05, 3.63) is 0 Å². The molecule has 6 nitrogen and oxygen atoms in total. The number of rotatable bonds is 38. The molecule has 0 aromatic heterocycles. The molecule has 302 valence electrons. The summed E-state index contributed by atoms with van der Waals surface area (Å²) < 4.78 is 16.7. The molecule has 0 amide bonds. The smallest absolute Gasteiger partial charge is 0.306 e. The third kappa shape index (κ3) is 38.0. The van der Waals surface area contributed by atoms with Crippen molar-refractivity contribution in [3.8, 4) is 0 Å². The summed E-state index contributed by atoms with van der Waals surface area (Å²) in [6.07, 6.45) is 32.4. The van der Waals surface area contributed by atoms with Gasteiger partial charge in [0.25, 0.3) is 0 Å². The molecule has 0 rings (SSSR count). The van der Waals surface area contributed by atoms with Gasteiger partial charge in [-0.1, -0.05) is 196 Å². The number of hydrogen-bond acceptors (Lipinski definition) is 6. The summed E-state index contributed by atoms with van der Waals surface area (Å²) in [6.45, 7) is 13.6. The quantitative estimate of drug-likeness (QED) is 0.0359. The van der Waals surface area contributed by atoms with E-state index in [1.165, 1.54) is 116 Å². The molecular weight excluding hydrogens is 636 g/mol. The molecule has 0 fully saturated rings. The number of carbonyl (C=O) groups excluding carboxylic acids is 3. The fourth-order valence-electron chi connectivity index (χ4n) is 6.49. The lowest BCUT2D eigenvalue weighted by molar-refractivity contribution is -0.167. The molecule has 0 spiro atoms. The van der Waals surface area contributed by atoms with Crippen LogP contribution >= 0.6 is 0 Å². The standard InChI is InChI=1S/C45H86O6/c1-7-41(6)33-27-21-17-18-23-29-35-44(47)50-38-42(51-45(48)36-30-24-16-12-14-20-26-32-40(4)5)37-49-43(46)34-28-22-15-11-9-8-10-13-19-25-31-39(2)3/h39-42H,7-38H2,1-6H3/t41?,42-/m1/s1. The number of unbranched alkanes of at least 4 members (excludes halogenated alkanes) is 20. The molecule has 2 atom stereocenters. The minimum atomic E-state index is -0.762. The van der Waals surface area contributed by atoms with Crippen LogP contribution in [0.1, 0.15) is 234 Å². The van der Waals surface area contributed by atoms with E-state index < -0.39 is 6.10 Å². The van der Waals surface area contributed by atoms with E-state index in [0.717, 1.165) is 75.5 Å². The molecule has 0 bridgehead atoms. The lowest BCUT2D eigenvalue weighted by atomic mass is 10.00. The van der Waals surface area contributed by atoms with Crippen molar-refractivity contribution in [1.82, 2.24) is 0 Å². The SMILES string of the molecule is CCC(C)CCCCCCCCC(=O)OC[C@@H](COC(=O)CCCCCCCCCCCCC(C)C)OC(=O)CCCCCCCCCC(C)C. The Morgan fingerprint density at radius 2 is 0.686 bits per heavy atom. The number of esters is 3. The largest absolute Gasteiger partial charge is 0.462 e. The van der Waals surface area contributed by atoms with Crippen molar-refractivity contribution in [2.45, 2.75) is 240 Å². The molecule has 0 heterocycles. The third-order valence-electron chi connectivity index (χ3n) is 10.3. The lowest BCUT2D eigenvalue weighted by Gasteiger charge is -2.18. The minimum Gasteiger partial charge on any atom is -0.462 e. The number of hydrogen-bond donors (Lipinski definition) is 0. The van der Waals surface area contributed by atoms with Crippen molar-refractivity contribution in [2.24, 2.45) is 17.8 Å². The fraction of sp³-hybridized carbons (Fsp3) is 0.933. The normalized spacial score (nSPS) is 12.7. The van der Waals surface area contributed by atoms with Crippen LogP contribution in [0.3, 0.4) is 0 Å². The molecule has 51 heavy (non-hydrogen) atoms. The molecule has 0 aromatic carbocycles. The molecule has 0 N–H and O–H groups in total. The number of carbonyl (C=O) groups is 3. The lowest BCUT2D eigenvalue weighted by Crippen LogP contribution is -2.30. The highest BCUT2D eigenvalue weighted by atomic mass is 16.6. The third-order valence-corrected chi connectivity index (χ3v) is 10.3. The van der Waals surface area contributed by atoms with E-state index in [1.54, 1.807) is 0 Å². The maximum absolute atomic E-state index is 12.7. The Morgan fingerprint density at radius 3 is 1.02 bits per heavy atom. The van der Waals surface area contributed by atoms with E-state index in [4.69, 9.17) is 14.2 Å². The molecule has 0 aromatic rings. The summed E-state index contributed by atoms with van der Waals surface area (Å²) in [5.74, 6) is 1.54. The predicted molar refractivity (Wildman–Crippen MR) is 215 cm³/mol. The van der Waals surface area contributed by atoms with Crippen molar-refractivity contribution in [3.63, 3.8) is 0 Å². The summed E-state index contributed by atoms with van der Waals surface area (Å²) in [6, 6.07) is 0. The minimum absolute atomic E-state index is 0.0674. The van der Waals surface area contributed by atoms with E-state index in [1.807, 2.05) is 0 Å². The summed E-state index contributed by atoms with van der Waals surface area (Å²) in [5.41, 5.74) is 0. The van der Waals surface area contributed by atoms with Gasteiger partial charge in [0.05, 0.1) is 0 Å². The van der Waals surface area contributed by atoms with Gasteiger partial charge in [-0.3, -0.25) is 14.4 Å². The summed E-state index contributed by atoms with van der Waals surface area (Å²) in [4.78, 5) is 37.6. The average molecular weight is 723 g/mol. The van der Waals surface area contributed by atoms with Crippen LogP contribution in [-0.2, 0) is 28.6 Å². The summed E-state index contributed by atoms with van der Waals surface area (Å²) >= 11 is 0. The Hall–Kier alpha value is -1.59. The topological polar surface area (TPSA) is 78.9 Å². The second-order valence-electron chi connectivity index (χ2n) is 16.5. The van der Waals surface area contributed by atoms with Crippen LogP contribution in [0.15, 0.2) is 0 Å². The zero-order chi connectivity index (χ0) is 37.8. The van der Waals surface area contributed by atoms with Crippen molar-refractivity contribution >= 4 is 17.9 Å². The highest BCUT2D eigenvalue weighted by Crippen LogP contribution is 2.17. The van der Waals surface area contributed by atoms with Crippen LogP contribution in [0.4, 0.5) is 0 Å². The van der Waals surface area contributed by atoms with Gasteiger partial charge in [-0.2, -0.15) is 0 Å². The molecule has 0 aliphatic rings. The Morgan fingerprint density at radius 1 is 0.392 bits per heavy atom. The van der Waals surface area contributed by atoms with Gasteiger partial charge >= 0.3 is 17.9 Å². The Balaban J connectivity index is 4.35. The number of ether oxygens (including phenoxy) is 3. The van der Waals surface area contributed by atoms with Crippen LogP contribution in [0.25, 0.3) is 0 Å². The highest BCUT2D eigenvalue weighted by Gasteiger charge is 2.19. The summed E-state index contributed by atoms with van der Waals surface area (Å²) in [5, 5.41) is 0. The molecule has 6 heteroatoms. The van der Waals surface area contributed by atoms with Gasteiger partial charge in [0.1, 0.15) is 13.2 Å². The first-order valence-electron chi connectivity index (χ1n) is 22.1. The molecule has 1 unspecified atom stereocenters. The second-order valence-corrected chi connectivity index (χ2v) is 16.5. The highest BCUT2D eigenvalue weighted by molar-refractivity contribution is 5.71. The maximum atomic E-state index is 12.7. The van der Waals surface area contributed by atoms with Crippen LogP contribution in [0, 0.1) is 17.8 Å². The molecule has 0 radical (unpaired) electrons. The molecule has 0 aliphatic carbocycles. The van der Waals surface area contributed by atoms with E-state index >= 15 is 0 Å². The average Bonchev–Trinajstić information content (AvgIpc) is 3.09. The first kappa shape index (κ1) is 49.4. The molecule has 0 aliphatic heterocycles. The predicted octanol–water partition coefficient (Wildman–Crippen LogP) is 13.7. The molecular formula is C45H86O6. The Labute approximate surface area is 317 Å². The van der Waals surface area contributed by atoms with Gasteiger partial charge in [0.2, 0.25) is 0 Å². The van der Waals surface area contributed by atoms with Gasteiger partial charge in [-0.25, -0.2) is 0 Å². The van der Waals surface area contributed by atoms with Gasteiger partial charge in [-0.05, 0) is 37.0 Å². The van der Waals surface area contributed by atoms with E-state index in [-0.39, 0.29) is 31.1 Å². The van der Waals surface area contributed by atoms with Crippen LogP contribution in [-0.4, -0.2) is 37.2 Å². The molecule has 0 saturated heterocycles. The van der Waals surface area contributed by atoms with Crippen LogP contribution in [0.5, 0.6) is 0 Å². The van der Waals surface area contributed by atoms with E-state index in [9.17, 15) is 14.4 Å². The first-order valence-corrected chi connectivity index (χ1v) is 22.1. The van der Waals surface area contributed by atoms with Crippen molar-refractivity contribution < 1.29 is 28.6 Å². The second kappa shape index (κ2) is 36.8. The van der Waals surface area contributed by atoms with Crippen LogP contribution in [0.2, 0.25) is 0 Å². The van der Waals surface area contributed by atoms with Crippen molar-refractivity contribution in [2.75, 3.05) is 13.2 Å². The van der Waals surface area contributed by atoms with Gasteiger partial charge in [0.15, 0.2) is 6.10 Å². The molecule has 0 saturated carbocycles.